The first kappa shape index (κ1) is 27.2. The minimum absolute atomic E-state index is 0.0405. The van der Waals surface area contributed by atoms with E-state index in [0.29, 0.717) is 42.5 Å². The molecule has 2 unspecified atom stereocenters. The Morgan fingerprint density at radius 2 is 1.39 bits per heavy atom. The number of benzene rings is 3. The van der Waals surface area contributed by atoms with Crippen molar-refractivity contribution in [2.45, 2.75) is 26.3 Å². The number of hydrogen-bond donors (Lipinski definition) is 2. The van der Waals surface area contributed by atoms with Gasteiger partial charge in [-0.25, -0.2) is 4.79 Å². The molecule has 38 heavy (non-hydrogen) atoms. The summed E-state index contributed by atoms with van der Waals surface area (Å²) in [5.41, 5.74) is 3.27. The lowest BCUT2D eigenvalue weighted by molar-refractivity contribution is -0.135. The highest BCUT2D eigenvalue weighted by Gasteiger charge is 2.32. The Morgan fingerprint density at radius 3 is 2.00 bits per heavy atom. The number of halogens is 1. The predicted molar refractivity (Wildman–Crippen MR) is 151 cm³/mol. The Hall–Kier alpha value is -3.84. The molecule has 0 saturated carbocycles. The minimum Gasteiger partial charge on any atom is -0.340 e. The molecule has 3 aromatic carbocycles. The SMILES string of the molecule is CCC(C)C(NC(=O)c1ccc(-c2ccccc2)cc1)C(=O)N1CCN(C(=O)Nc2ccc(Cl)cc2)CC1. The zero-order valence-corrected chi connectivity index (χ0v) is 22.4. The van der Waals surface area contributed by atoms with E-state index < -0.39 is 6.04 Å². The number of nitrogens with zero attached hydrogens (tertiary/aromatic N) is 2. The first-order valence-corrected chi connectivity index (χ1v) is 13.3. The third-order valence-electron chi connectivity index (χ3n) is 6.99. The maximum atomic E-state index is 13.5. The van der Waals surface area contributed by atoms with E-state index in [1.54, 1.807) is 46.2 Å². The summed E-state index contributed by atoms with van der Waals surface area (Å²) < 4.78 is 0. The van der Waals surface area contributed by atoms with Crippen LogP contribution in [0.2, 0.25) is 5.02 Å². The second kappa shape index (κ2) is 12.6. The van der Waals surface area contributed by atoms with Gasteiger partial charge in [0, 0.05) is 42.5 Å². The van der Waals surface area contributed by atoms with E-state index >= 15 is 0 Å². The first-order chi connectivity index (χ1) is 18.4. The maximum absolute atomic E-state index is 13.5. The van der Waals surface area contributed by atoms with Crippen LogP contribution in [0.5, 0.6) is 0 Å². The quantitative estimate of drug-likeness (QED) is 0.420. The van der Waals surface area contributed by atoms with Crippen molar-refractivity contribution < 1.29 is 14.4 Å². The van der Waals surface area contributed by atoms with Gasteiger partial charge in [-0.15, -0.1) is 0 Å². The van der Waals surface area contributed by atoms with Crippen LogP contribution in [-0.2, 0) is 4.79 Å². The van der Waals surface area contributed by atoms with Crippen LogP contribution in [0.25, 0.3) is 11.1 Å². The highest BCUT2D eigenvalue weighted by Crippen LogP contribution is 2.20. The molecule has 8 heteroatoms. The van der Waals surface area contributed by atoms with Gasteiger partial charge in [0.05, 0.1) is 0 Å². The number of amides is 4. The average molecular weight is 533 g/mol. The molecular formula is C30H33ClN4O3. The summed E-state index contributed by atoms with van der Waals surface area (Å²) in [5, 5.41) is 6.44. The number of rotatable bonds is 7. The van der Waals surface area contributed by atoms with Crippen LogP contribution in [0.15, 0.2) is 78.9 Å². The Labute approximate surface area is 228 Å². The normalized spacial score (nSPS) is 14.9. The van der Waals surface area contributed by atoms with Gasteiger partial charge in [-0.05, 0) is 53.4 Å². The minimum atomic E-state index is -0.643. The molecule has 1 aliphatic rings. The van der Waals surface area contributed by atoms with Gasteiger partial charge in [-0.3, -0.25) is 9.59 Å². The van der Waals surface area contributed by atoms with Crippen LogP contribution in [0.4, 0.5) is 10.5 Å². The van der Waals surface area contributed by atoms with Crippen LogP contribution in [0.1, 0.15) is 30.6 Å². The summed E-state index contributed by atoms with van der Waals surface area (Å²) in [6, 6.07) is 23.4. The molecule has 0 radical (unpaired) electrons. The van der Waals surface area contributed by atoms with Crippen molar-refractivity contribution in [3.63, 3.8) is 0 Å². The van der Waals surface area contributed by atoms with Gasteiger partial charge >= 0.3 is 6.03 Å². The standard InChI is InChI=1S/C30H33ClN4O3/c1-3-21(2)27(33-28(36)24-11-9-23(10-12-24)22-7-5-4-6-8-22)29(37)34-17-19-35(20-18-34)30(38)32-26-15-13-25(31)14-16-26/h4-16,21,27H,3,17-20H2,1-2H3,(H,32,38)(H,33,36). The van der Waals surface area contributed by atoms with Crippen LogP contribution in [0.3, 0.4) is 0 Å². The second-order valence-electron chi connectivity index (χ2n) is 9.53. The van der Waals surface area contributed by atoms with Gasteiger partial charge in [0.15, 0.2) is 0 Å². The number of carbonyl (C=O) groups excluding carboxylic acids is 3. The van der Waals surface area contributed by atoms with Crippen molar-refractivity contribution >= 4 is 35.1 Å². The van der Waals surface area contributed by atoms with E-state index in [1.165, 1.54) is 0 Å². The molecule has 0 spiro atoms. The summed E-state index contributed by atoms with van der Waals surface area (Å²) >= 11 is 5.91. The number of piperazine rings is 1. The van der Waals surface area contributed by atoms with Gasteiger partial charge in [0.1, 0.15) is 6.04 Å². The lowest BCUT2D eigenvalue weighted by Crippen LogP contribution is -2.57. The fourth-order valence-corrected chi connectivity index (χ4v) is 4.54. The lowest BCUT2D eigenvalue weighted by atomic mass is 9.96. The zero-order valence-electron chi connectivity index (χ0n) is 21.7. The van der Waals surface area contributed by atoms with Crippen molar-refractivity contribution in [2.75, 3.05) is 31.5 Å². The monoisotopic (exact) mass is 532 g/mol. The smallest absolute Gasteiger partial charge is 0.321 e. The molecule has 198 valence electrons. The van der Waals surface area contributed by atoms with E-state index in [2.05, 4.69) is 10.6 Å². The number of hydrogen-bond acceptors (Lipinski definition) is 3. The van der Waals surface area contributed by atoms with E-state index in [0.717, 1.165) is 17.5 Å². The Bertz CT molecular complexity index is 1240. The lowest BCUT2D eigenvalue weighted by Gasteiger charge is -2.37. The molecule has 0 bridgehead atoms. The Morgan fingerprint density at radius 1 is 0.816 bits per heavy atom. The van der Waals surface area contributed by atoms with Gasteiger partial charge in [-0.2, -0.15) is 0 Å². The molecule has 1 heterocycles. The summed E-state index contributed by atoms with van der Waals surface area (Å²) in [7, 11) is 0. The fraction of sp³-hybridized carbons (Fsp3) is 0.300. The van der Waals surface area contributed by atoms with Gasteiger partial charge < -0.3 is 20.4 Å². The molecule has 2 atom stereocenters. The first-order valence-electron chi connectivity index (χ1n) is 12.9. The summed E-state index contributed by atoms with van der Waals surface area (Å²) in [5.74, 6) is -0.433. The van der Waals surface area contributed by atoms with E-state index in [9.17, 15) is 14.4 Å². The molecule has 7 nitrogen and oxygen atoms in total. The molecular weight excluding hydrogens is 500 g/mol. The number of urea groups is 1. The molecule has 1 saturated heterocycles. The highest BCUT2D eigenvalue weighted by atomic mass is 35.5. The van der Waals surface area contributed by atoms with E-state index in [1.807, 2.05) is 56.3 Å². The summed E-state index contributed by atoms with van der Waals surface area (Å²) in [6.45, 7) is 5.60. The largest absolute Gasteiger partial charge is 0.340 e. The molecule has 4 rings (SSSR count). The van der Waals surface area contributed by atoms with Crippen LogP contribution in [0, 0.1) is 5.92 Å². The third kappa shape index (κ3) is 6.72. The molecule has 1 aliphatic heterocycles. The van der Waals surface area contributed by atoms with Crippen LogP contribution < -0.4 is 10.6 Å². The van der Waals surface area contributed by atoms with Crippen molar-refractivity contribution in [3.05, 3.63) is 89.4 Å². The highest BCUT2D eigenvalue weighted by molar-refractivity contribution is 6.30. The predicted octanol–water partition coefficient (Wildman–Crippen LogP) is 5.53. The zero-order chi connectivity index (χ0) is 27.1. The summed E-state index contributed by atoms with van der Waals surface area (Å²) in [6.07, 6.45) is 0.743. The topological polar surface area (TPSA) is 81.8 Å². The second-order valence-corrected chi connectivity index (χ2v) is 9.97. The maximum Gasteiger partial charge on any atom is 0.321 e. The van der Waals surface area contributed by atoms with Gasteiger partial charge in [-0.1, -0.05) is 74.3 Å². The van der Waals surface area contributed by atoms with Crippen molar-refractivity contribution in [2.24, 2.45) is 5.92 Å². The summed E-state index contributed by atoms with van der Waals surface area (Å²) in [4.78, 5) is 42.7. The molecule has 0 aromatic heterocycles. The molecule has 2 N–H and O–H groups in total. The number of carbonyl (C=O) groups is 3. The molecule has 1 fully saturated rings. The van der Waals surface area contributed by atoms with Crippen LogP contribution >= 0.6 is 11.6 Å². The number of anilines is 1. The van der Waals surface area contributed by atoms with E-state index in [4.69, 9.17) is 11.6 Å². The fourth-order valence-electron chi connectivity index (χ4n) is 4.41. The Kier molecular flexibility index (Phi) is 9.02. The van der Waals surface area contributed by atoms with Gasteiger partial charge in [0.2, 0.25) is 5.91 Å². The van der Waals surface area contributed by atoms with Crippen molar-refractivity contribution in [3.8, 4) is 11.1 Å². The van der Waals surface area contributed by atoms with Gasteiger partial charge in [0.25, 0.3) is 5.91 Å². The van der Waals surface area contributed by atoms with Crippen molar-refractivity contribution in [1.29, 1.82) is 0 Å². The van der Waals surface area contributed by atoms with E-state index in [-0.39, 0.29) is 23.8 Å². The number of nitrogens with one attached hydrogen (secondary N) is 2. The van der Waals surface area contributed by atoms with Crippen molar-refractivity contribution in [1.82, 2.24) is 15.1 Å². The molecule has 3 aromatic rings. The average Bonchev–Trinajstić information content (AvgIpc) is 2.97. The Balaban J connectivity index is 1.35. The molecule has 0 aliphatic carbocycles. The van der Waals surface area contributed by atoms with Crippen LogP contribution in [-0.4, -0.2) is 59.9 Å². The molecule has 4 amide bonds. The third-order valence-corrected chi connectivity index (χ3v) is 7.25.